The molecule has 0 bridgehead atoms. The van der Waals surface area contributed by atoms with Gasteiger partial charge in [-0.2, -0.15) is 0 Å². The van der Waals surface area contributed by atoms with Gasteiger partial charge in [0, 0.05) is 18.1 Å². The number of ether oxygens (including phenoxy) is 5. The second-order valence-corrected chi connectivity index (χ2v) is 9.63. The van der Waals surface area contributed by atoms with Crippen LogP contribution < -0.4 is 23.7 Å². The zero-order valence-corrected chi connectivity index (χ0v) is 20.5. The molecule has 0 aliphatic carbocycles. The zero-order chi connectivity index (χ0) is 23.4. The monoisotopic (exact) mass is 481 g/mol. The van der Waals surface area contributed by atoms with Gasteiger partial charge in [-0.05, 0) is 35.4 Å². The molecule has 0 aromatic heterocycles. The van der Waals surface area contributed by atoms with Crippen LogP contribution in [-0.4, -0.2) is 64.5 Å². The van der Waals surface area contributed by atoms with Gasteiger partial charge in [-0.3, -0.25) is 10.0 Å². The number of thioether (sulfide) groups is 2. The van der Waals surface area contributed by atoms with Crippen molar-refractivity contribution in [2.75, 3.05) is 48.3 Å². The quantitative estimate of drug-likeness (QED) is 0.435. The SMILES string of the molecule is COc1cc([C@@H]2SC[C@@H](c3cc(OC)c(C(=O)N(C)O)c(OC)c3)S2)cc(OC)c1OC. The number of hydroxylamine groups is 2. The molecule has 1 amide bonds. The van der Waals surface area contributed by atoms with Crippen LogP contribution in [0.2, 0.25) is 0 Å². The molecule has 1 N–H and O–H groups in total. The molecule has 174 valence electrons. The Morgan fingerprint density at radius 2 is 1.38 bits per heavy atom. The minimum absolute atomic E-state index is 0.142. The maximum atomic E-state index is 12.4. The number of hydrogen-bond acceptors (Lipinski definition) is 9. The van der Waals surface area contributed by atoms with Crippen LogP contribution >= 0.6 is 23.5 Å². The molecule has 3 rings (SSSR count). The van der Waals surface area contributed by atoms with Gasteiger partial charge in [0.25, 0.3) is 5.91 Å². The van der Waals surface area contributed by atoms with Crippen LogP contribution in [0.15, 0.2) is 24.3 Å². The number of methoxy groups -OCH3 is 5. The Labute approximate surface area is 196 Å². The van der Waals surface area contributed by atoms with E-state index in [2.05, 4.69) is 0 Å². The van der Waals surface area contributed by atoms with Crippen LogP contribution in [0.1, 0.15) is 31.3 Å². The molecule has 32 heavy (non-hydrogen) atoms. The first kappa shape index (κ1) is 24.2. The Hall–Kier alpha value is -2.43. The van der Waals surface area contributed by atoms with E-state index in [0.717, 1.165) is 16.9 Å². The fraction of sp³-hybridized carbons (Fsp3) is 0.409. The number of nitrogens with zero attached hydrogens (tertiary/aromatic N) is 1. The lowest BCUT2D eigenvalue weighted by molar-refractivity contribution is -0.0379. The molecule has 2 aromatic carbocycles. The number of benzene rings is 2. The standard InChI is InChI=1S/C22H27NO7S2/c1-23(25)21(24)19-14(26-2)7-12(8-15(19)27-3)18-11-31-22(32-18)13-9-16(28-4)20(30-6)17(10-13)29-5/h7-10,18,22,25H,11H2,1-6H3/t18-,22+/m0/s1. The fourth-order valence-corrected chi connectivity index (χ4v) is 6.74. The highest BCUT2D eigenvalue weighted by Crippen LogP contribution is 2.58. The van der Waals surface area contributed by atoms with Gasteiger partial charge >= 0.3 is 0 Å². The molecule has 1 heterocycles. The lowest BCUT2D eigenvalue weighted by atomic mass is 10.1. The van der Waals surface area contributed by atoms with Crippen molar-refractivity contribution in [3.8, 4) is 28.7 Å². The van der Waals surface area contributed by atoms with E-state index in [4.69, 9.17) is 23.7 Å². The van der Waals surface area contributed by atoms with E-state index in [0.29, 0.717) is 33.8 Å². The van der Waals surface area contributed by atoms with Gasteiger partial charge in [0.05, 0.1) is 40.1 Å². The van der Waals surface area contributed by atoms with Gasteiger partial charge in [0.15, 0.2) is 11.5 Å². The highest BCUT2D eigenvalue weighted by Gasteiger charge is 2.32. The van der Waals surface area contributed by atoms with E-state index in [-0.39, 0.29) is 15.4 Å². The van der Waals surface area contributed by atoms with E-state index < -0.39 is 5.91 Å². The summed E-state index contributed by atoms with van der Waals surface area (Å²) in [6.07, 6.45) is 0. The van der Waals surface area contributed by atoms with E-state index >= 15 is 0 Å². The van der Waals surface area contributed by atoms with E-state index in [1.54, 1.807) is 44.9 Å². The van der Waals surface area contributed by atoms with Crippen LogP contribution in [0.4, 0.5) is 0 Å². The van der Waals surface area contributed by atoms with Crippen molar-refractivity contribution in [3.63, 3.8) is 0 Å². The molecule has 0 unspecified atom stereocenters. The molecule has 2 atom stereocenters. The van der Waals surface area contributed by atoms with E-state index in [9.17, 15) is 10.0 Å². The summed E-state index contributed by atoms with van der Waals surface area (Å²) in [5, 5.41) is 10.3. The summed E-state index contributed by atoms with van der Waals surface area (Å²) in [5.74, 6) is 2.75. The highest BCUT2D eigenvalue weighted by atomic mass is 32.2. The van der Waals surface area contributed by atoms with Crippen molar-refractivity contribution < 1.29 is 33.7 Å². The minimum Gasteiger partial charge on any atom is -0.496 e. The molecule has 0 saturated carbocycles. The van der Waals surface area contributed by atoms with Gasteiger partial charge < -0.3 is 23.7 Å². The largest absolute Gasteiger partial charge is 0.496 e. The molecule has 0 spiro atoms. The molecular weight excluding hydrogens is 454 g/mol. The third-order valence-corrected chi connectivity index (χ3v) is 8.39. The minimum atomic E-state index is -0.603. The van der Waals surface area contributed by atoms with Crippen LogP contribution in [0.25, 0.3) is 0 Å². The molecule has 1 saturated heterocycles. The first-order chi connectivity index (χ1) is 15.4. The molecule has 8 nitrogen and oxygen atoms in total. The van der Waals surface area contributed by atoms with Gasteiger partial charge in [0.2, 0.25) is 5.75 Å². The van der Waals surface area contributed by atoms with E-state index in [1.165, 1.54) is 21.3 Å². The molecule has 1 fully saturated rings. The van der Waals surface area contributed by atoms with Crippen molar-refractivity contribution in [2.24, 2.45) is 0 Å². The van der Waals surface area contributed by atoms with Crippen molar-refractivity contribution in [1.82, 2.24) is 5.06 Å². The van der Waals surface area contributed by atoms with Gasteiger partial charge in [0.1, 0.15) is 17.1 Å². The van der Waals surface area contributed by atoms with Crippen molar-refractivity contribution in [3.05, 3.63) is 41.0 Å². The van der Waals surface area contributed by atoms with Crippen LogP contribution in [0.3, 0.4) is 0 Å². The first-order valence-corrected chi connectivity index (χ1v) is 11.7. The summed E-state index contributed by atoms with van der Waals surface area (Å²) in [7, 11) is 9.03. The topological polar surface area (TPSA) is 86.7 Å². The summed E-state index contributed by atoms with van der Waals surface area (Å²) in [6.45, 7) is 0. The Balaban J connectivity index is 1.92. The molecular formula is C22H27NO7S2. The summed E-state index contributed by atoms with van der Waals surface area (Å²) >= 11 is 3.59. The number of rotatable bonds is 8. The van der Waals surface area contributed by atoms with Gasteiger partial charge in [-0.15, -0.1) is 23.5 Å². The summed E-state index contributed by atoms with van der Waals surface area (Å²) in [6, 6.07) is 7.59. The number of carbonyl (C=O) groups excluding carboxylic acids is 1. The molecule has 2 aromatic rings. The average Bonchev–Trinajstić information content (AvgIpc) is 3.31. The Morgan fingerprint density at radius 3 is 1.81 bits per heavy atom. The third kappa shape index (κ3) is 4.67. The van der Waals surface area contributed by atoms with E-state index in [1.807, 2.05) is 24.3 Å². The van der Waals surface area contributed by atoms with Crippen molar-refractivity contribution >= 4 is 29.4 Å². The smallest absolute Gasteiger partial charge is 0.284 e. The maximum absolute atomic E-state index is 12.4. The van der Waals surface area contributed by atoms with Crippen LogP contribution in [0.5, 0.6) is 28.7 Å². The molecule has 10 heteroatoms. The lowest BCUT2D eigenvalue weighted by Crippen LogP contribution is -2.24. The lowest BCUT2D eigenvalue weighted by Gasteiger charge is -2.19. The zero-order valence-electron chi connectivity index (χ0n) is 18.8. The molecule has 0 radical (unpaired) electrons. The molecule has 1 aliphatic heterocycles. The highest BCUT2D eigenvalue weighted by molar-refractivity contribution is 8.19. The summed E-state index contributed by atoms with van der Waals surface area (Å²) in [5.41, 5.74) is 2.22. The second kappa shape index (κ2) is 10.5. The van der Waals surface area contributed by atoms with Crippen molar-refractivity contribution in [2.45, 2.75) is 9.83 Å². The number of hydrogen-bond donors (Lipinski definition) is 1. The fourth-order valence-electron chi connectivity index (χ4n) is 3.48. The Kier molecular flexibility index (Phi) is 7.91. The van der Waals surface area contributed by atoms with Crippen LogP contribution in [-0.2, 0) is 0 Å². The van der Waals surface area contributed by atoms with Gasteiger partial charge in [-0.1, -0.05) is 0 Å². The third-order valence-electron chi connectivity index (χ3n) is 5.05. The normalized spacial score (nSPS) is 17.6. The Morgan fingerprint density at radius 1 is 0.875 bits per heavy atom. The average molecular weight is 482 g/mol. The maximum Gasteiger partial charge on any atom is 0.284 e. The number of carbonyl (C=O) groups is 1. The Bertz CT molecular complexity index is 933. The predicted molar refractivity (Wildman–Crippen MR) is 125 cm³/mol. The summed E-state index contributed by atoms with van der Waals surface area (Å²) in [4.78, 5) is 12.4. The van der Waals surface area contributed by atoms with Gasteiger partial charge in [-0.25, -0.2) is 5.06 Å². The molecule has 1 aliphatic rings. The predicted octanol–water partition coefficient (Wildman–Crippen LogP) is 4.41. The second-order valence-electron chi connectivity index (χ2n) is 6.88. The summed E-state index contributed by atoms with van der Waals surface area (Å²) < 4.78 is 27.5. The van der Waals surface area contributed by atoms with Crippen LogP contribution in [0, 0.1) is 0 Å². The van der Waals surface area contributed by atoms with Crippen molar-refractivity contribution in [1.29, 1.82) is 0 Å². The number of amides is 1. The first-order valence-electron chi connectivity index (χ1n) is 9.68.